The largest absolute Gasteiger partial charge is 0.468 e. The van der Waals surface area contributed by atoms with Crippen molar-refractivity contribution in [1.29, 1.82) is 0 Å². The summed E-state index contributed by atoms with van der Waals surface area (Å²) in [6, 6.07) is 11.6. The summed E-state index contributed by atoms with van der Waals surface area (Å²) in [5.74, 6) is -0.377. The monoisotopic (exact) mass is 355 g/mol. The number of halogens is 1. The smallest absolute Gasteiger partial charge is 0.322 e. The average molecular weight is 355 g/mol. The molecule has 94 valence electrons. The lowest BCUT2D eigenvalue weighted by Crippen LogP contribution is -2.33. The SMILES string of the molecule is COC(=O)[C@@H](N)Cc1cccc2c(I)cccc12. The number of carbonyl (C=O) groups excluding carboxylic acids is 1. The molecule has 2 N–H and O–H groups in total. The lowest BCUT2D eigenvalue weighted by molar-refractivity contribution is -0.142. The summed E-state index contributed by atoms with van der Waals surface area (Å²) in [5.41, 5.74) is 6.89. The second-order valence-electron chi connectivity index (χ2n) is 4.09. The molecule has 0 bridgehead atoms. The number of nitrogens with two attached hydrogens (primary N) is 1. The molecule has 0 radical (unpaired) electrons. The number of benzene rings is 2. The van der Waals surface area contributed by atoms with Crippen LogP contribution in [0.1, 0.15) is 5.56 Å². The van der Waals surface area contributed by atoms with Gasteiger partial charge >= 0.3 is 5.97 Å². The number of hydrogen-bond acceptors (Lipinski definition) is 3. The van der Waals surface area contributed by atoms with E-state index in [0.29, 0.717) is 6.42 Å². The van der Waals surface area contributed by atoms with Gasteiger partial charge in [-0.1, -0.05) is 30.3 Å². The second kappa shape index (κ2) is 5.67. The Kier molecular flexibility index (Phi) is 4.19. The van der Waals surface area contributed by atoms with Crippen molar-refractivity contribution in [2.45, 2.75) is 12.5 Å². The van der Waals surface area contributed by atoms with Crippen LogP contribution >= 0.6 is 22.6 Å². The minimum atomic E-state index is -0.613. The van der Waals surface area contributed by atoms with Gasteiger partial charge in [-0.25, -0.2) is 0 Å². The van der Waals surface area contributed by atoms with Gasteiger partial charge in [-0.3, -0.25) is 4.79 Å². The van der Waals surface area contributed by atoms with Crippen molar-refractivity contribution >= 4 is 39.3 Å². The average Bonchev–Trinajstić information content (AvgIpc) is 2.39. The number of hydrogen-bond donors (Lipinski definition) is 1. The lowest BCUT2D eigenvalue weighted by atomic mass is 9.99. The van der Waals surface area contributed by atoms with Gasteiger partial charge in [0.05, 0.1) is 7.11 Å². The van der Waals surface area contributed by atoms with E-state index >= 15 is 0 Å². The number of carbonyl (C=O) groups is 1. The van der Waals surface area contributed by atoms with E-state index in [-0.39, 0.29) is 5.97 Å². The minimum Gasteiger partial charge on any atom is -0.468 e. The molecule has 2 aromatic carbocycles. The fourth-order valence-corrected chi connectivity index (χ4v) is 2.66. The summed E-state index contributed by atoms with van der Waals surface area (Å²) in [7, 11) is 1.36. The van der Waals surface area contributed by atoms with Crippen molar-refractivity contribution in [2.24, 2.45) is 5.73 Å². The van der Waals surface area contributed by atoms with E-state index in [1.54, 1.807) is 0 Å². The summed E-state index contributed by atoms with van der Waals surface area (Å²) in [6.07, 6.45) is 0.490. The number of rotatable bonds is 3. The van der Waals surface area contributed by atoms with Gasteiger partial charge in [0.1, 0.15) is 6.04 Å². The van der Waals surface area contributed by atoms with Gasteiger partial charge in [0.2, 0.25) is 0 Å². The molecule has 0 saturated carbocycles. The third kappa shape index (κ3) is 2.64. The van der Waals surface area contributed by atoms with Crippen molar-refractivity contribution in [2.75, 3.05) is 7.11 Å². The highest BCUT2D eigenvalue weighted by atomic mass is 127. The van der Waals surface area contributed by atoms with Gasteiger partial charge in [-0.05, 0) is 51.4 Å². The second-order valence-corrected chi connectivity index (χ2v) is 5.25. The molecule has 1 atom stereocenters. The Labute approximate surface area is 119 Å². The molecular formula is C14H14INO2. The predicted molar refractivity (Wildman–Crippen MR) is 80.4 cm³/mol. The van der Waals surface area contributed by atoms with Crippen LogP contribution in [0.2, 0.25) is 0 Å². The van der Waals surface area contributed by atoms with Crippen molar-refractivity contribution in [3.63, 3.8) is 0 Å². The third-order valence-electron chi connectivity index (χ3n) is 2.90. The van der Waals surface area contributed by atoms with Crippen LogP contribution < -0.4 is 5.73 Å². The highest BCUT2D eigenvalue weighted by molar-refractivity contribution is 14.1. The number of fused-ring (bicyclic) bond motifs is 1. The van der Waals surface area contributed by atoms with Crippen LogP contribution in [0.15, 0.2) is 36.4 Å². The maximum Gasteiger partial charge on any atom is 0.322 e. The fraction of sp³-hybridized carbons (Fsp3) is 0.214. The van der Waals surface area contributed by atoms with E-state index in [2.05, 4.69) is 45.5 Å². The normalized spacial score (nSPS) is 12.4. The van der Waals surface area contributed by atoms with Crippen LogP contribution in [-0.4, -0.2) is 19.1 Å². The van der Waals surface area contributed by atoms with E-state index in [0.717, 1.165) is 10.9 Å². The van der Waals surface area contributed by atoms with Gasteiger partial charge in [-0.2, -0.15) is 0 Å². The molecule has 0 aliphatic heterocycles. The Balaban J connectivity index is 2.40. The lowest BCUT2D eigenvalue weighted by Gasteiger charge is -2.12. The van der Waals surface area contributed by atoms with Crippen LogP contribution in [0, 0.1) is 3.57 Å². The van der Waals surface area contributed by atoms with Gasteiger partial charge in [0.15, 0.2) is 0 Å². The molecule has 0 aromatic heterocycles. The van der Waals surface area contributed by atoms with E-state index < -0.39 is 6.04 Å². The fourth-order valence-electron chi connectivity index (χ4n) is 1.99. The standard InChI is InChI=1S/C14H14INO2/c1-18-14(17)13(16)8-9-4-2-6-11-10(9)5-3-7-12(11)15/h2-7,13H,8,16H2,1H3/t13-/m0/s1. The van der Waals surface area contributed by atoms with Crippen LogP contribution in [0.25, 0.3) is 10.8 Å². The molecule has 0 fully saturated rings. The highest BCUT2D eigenvalue weighted by Crippen LogP contribution is 2.24. The molecule has 0 amide bonds. The van der Waals surface area contributed by atoms with Crippen molar-refractivity contribution in [3.8, 4) is 0 Å². The minimum absolute atomic E-state index is 0.377. The maximum absolute atomic E-state index is 11.4. The quantitative estimate of drug-likeness (QED) is 0.680. The molecule has 0 unspecified atom stereocenters. The first-order chi connectivity index (χ1) is 8.63. The van der Waals surface area contributed by atoms with Gasteiger partial charge in [-0.15, -0.1) is 0 Å². The van der Waals surface area contributed by atoms with E-state index in [1.807, 2.05) is 18.2 Å². The Hall–Kier alpha value is -1.14. The zero-order valence-corrected chi connectivity index (χ0v) is 12.2. The Bertz CT molecular complexity index is 583. The van der Waals surface area contributed by atoms with Crippen molar-refractivity contribution < 1.29 is 9.53 Å². The molecule has 18 heavy (non-hydrogen) atoms. The molecule has 0 spiro atoms. The molecule has 2 aromatic rings. The van der Waals surface area contributed by atoms with Crippen LogP contribution in [0.5, 0.6) is 0 Å². The van der Waals surface area contributed by atoms with Crippen LogP contribution in [0.4, 0.5) is 0 Å². The van der Waals surface area contributed by atoms with Crippen molar-refractivity contribution in [3.05, 3.63) is 45.5 Å². The molecule has 3 nitrogen and oxygen atoms in total. The van der Waals surface area contributed by atoms with E-state index in [4.69, 9.17) is 5.73 Å². The van der Waals surface area contributed by atoms with E-state index in [1.165, 1.54) is 16.1 Å². The highest BCUT2D eigenvalue weighted by Gasteiger charge is 2.15. The van der Waals surface area contributed by atoms with Gasteiger partial charge in [0.25, 0.3) is 0 Å². The first kappa shape index (κ1) is 13.3. The number of esters is 1. The molecule has 0 saturated heterocycles. The zero-order chi connectivity index (χ0) is 13.1. The third-order valence-corrected chi connectivity index (χ3v) is 3.84. The van der Waals surface area contributed by atoms with Gasteiger partial charge < -0.3 is 10.5 Å². The van der Waals surface area contributed by atoms with Crippen molar-refractivity contribution in [1.82, 2.24) is 0 Å². The Morgan fingerprint density at radius 1 is 1.28 bits per heavy atom. The Morgan fingerprint density at radius 3 is 2.67 bits per heavy atom. The maximum atomic E-state index is 11.4. The topological polar surface area (TPSA) is 52.3 Å². The number of ether oxygens (including phenoxy) is 1. The molecule has 0 aliphatic rings. The number of methoxy groups -OCH3 is 1. The summed E-state index contributed by atoms with van der Waals surface area (Å²) < 4.78 is 5.85. The molecule has 2 rings (SSSR count). The molecule has 0 heterocycles. The summed E-state index contributed by atoms with van der Waals surface area (Å²) in [4.78, 5) is 11.4. The van der Waals surface area contributed by atoms with Crippen LogP contribution in [-0.2, 0) is 16.0 Å². The first-order valence-corrected chi connectivity index (χ1v) is 6.71. The predicted octanol–water partition coefficient (Wildman–Crippen LogP) is 2.49. The van der Waals surface area contributed by atoms with Gasteiger partial charge in [0, 0.05) is 3.57 Å². The van der Waals surface area contributed by atoms with E-state index in [9.17, 15) is 4.79 Å². The first-order valence-electron chi connectivity index (χ1n) is 5.63. The summed E-state index contributed by atoms with van der Waals surface area (Å²) in [5, 5.41) is 2.33. The summed E-state index contributed by atoms with van der Waals surface area (Å²) >= 11 is 2.31. The molecular weight excluding hydrogens is 341 g/mol. The Morgan fingerprint density at radius 2 is 1.94 bits per heavy atom. The van der Waals surface area contributed by atoms with Crippen LogP contribution in [0.3, 0.4) is 0 Å². The molecule has 4 heteroatoms. The zero-order valence-electron chi connectivity index (χ0n) is 10.0. The molecule has 0 aliphatic carbocycles. The summed E-state index contributed by atoms with van der Waals surface area (Å²) in [6.45, 7) is 0.